The molecular weight excluding hydrogens is 283 g/mol. The number of rotatable bonds is 3. The SMILES string of the molecule is Fc1cccc(CNC(=S)Nc2cccc(Cl)c2)c1. The molecule has 5 heteroatoms. The first-order valence-corrected chi connectivity index (χ1v) is 6.47. The van der Waals surface area contributed by atoms with Gasteiger partial charge in [-0.05, 0) is 48.1 Å². The van der Waals surface area contributed by atoms with Crippen LogP contribution in [-0.2, 0) is 6.54 Å². The molecule has 2 rings (SSSR count). The van der Waals surface area contributed by atoms with Crippen molar-refractivity contribution in [3.63, 3.8) is 0 Å². The molecule has 0 amide bonds. The van der Waals surface area contributed by atoms with E-state index in [9.17, 15) is 4.39 Å². The van der Waals surface area contributed by atoms with Gasteiger partial charge in [0.05, 0.1) is 0 Å². The summed E-state index contributed by atoms with van der Waals surface area (Å²) in [6, 6.07) is 13.6. The van der Waals surface area contributed by atoms with Gasteiger partial charge >= 0.3 is 0 Å². The molecule has 0 saturated heterocycles. The highest BCUT2D eigenvalue weighted by molar-refractivity contribution is 7.80. The van der Waals surface area contributed by atoms with Crippen LogP contribution in [0.1, 0.15) is 5.56 Å². The molecule has 0 aliphatic rings. The van der Waals surface area contributed by atoms with Crippen molar-refractivity contribution in [2.45, 2.75) is 6.54 Å². The van der Waals surface area contributed by atoms with Crippen LogP contribution in [0.2, 0.25) is 5.02 Å². The van der Waals surface area contributed by atoms with Crippen molar-refractivity contribution in [1.29, 1.82) is 0 Å². The number of hydrogen-bond donors (Lipinski definition) is 2. The van der Waals surface area contributed by atoms with Crippen LogP contribution in [0.15, 0.2) is 48.5 Å². The van der Waals surface area contributed by atoms with E-state index in [1.807, 2.05) is 18.2 Å². The van der Waals surface area contributed by atoms with Gasteiger partial charge in [0.1, 0.15) is 5.82 Å². The second-order valence-corrected chi connectivity index (χ2v) is 4.79. The molecule has 2 nitrogen and oxygen atoms in total. The van der Waals surface area contributed by atoms with Crippen molar-refractivity contribution in [2.75, 3.05) is 5.32 Å². The monoisotopic (exact) mass is 294 g/mol. The molecule has 0 fully saturated rings. The van der Waals surface area contributed by atoms with Crippen molar-refractivity contribution in [3.8, 4) is 0 Å². The van der Waals surface area contributed by atoms with E-state index in [0.717, 1.165) is 11.3 Å². The zero-order valence-corrected chi connectivity index (χ0v) is 11.6. The molecule has 0 aliphatic heterocycles. The van der Waals surface area contributed by atoms with E-state index in [1.54, 1.807) is 18.2 Å². The third-order valence-electron chi connectivity index (χ3n) is 2.42. The van der Waals surface area contributed by atoms with Gasteiger partial charge in [0.15, 0.2) is 5.11 Å². The molecule has 0 aliphatic carbocycles. The fraction of sp³-hybridized carbons (Fsp3) is 0.0714. The number of halogens is 2. The second kappa shape index (κ2) is 6.50. The number of benzene rings is 2. The van der Waals surface area contributed by atoms with Crippen LogP contribution in [0.4, 0.5) is 10.1 Å². The molecule has 2 N–H and O–H groups in total. The van der Waals surface area contributed by atoms with E-state index in [1.165, 1.54) is 12.1 Å². The minimum atomic E-state index is -0.256. The van der Waals surface area contributed by atoms with Crippen molar-refractivity contribution in [3.05, 3.63) is 64.9 Å². The standard InChI is InChI=1S/C14H12ClFN2S/c15-11-4-2-6-13(8-11)18-14(19)17-9-10-3-1-5-12(16)7-10/h1-8H,9H2,(H2,17,18,19). The smallest absolute Gasteiger partial charge is 0.171 e. The number of hydrogen-bond acceptors (Lipinski definition) is 1. The van der Waals surface area contributed by atoms with E-state index in [-0.39, 0.29) is 5.82 Å². The Kier molecular flexibility index (Phi) is 4.71. The van der Waals surface area contributed by atoms with Crippen molar-refractivity contribution in [1.82, 2.24) is 5.32 Å². The lowest BCUT2D eigenvalue weighted by atomic mass is 10.2. The highest BCUT2D eigenvalue weighted by atomic mass is 35.5. The van der Waals surface area contributed by atoms with Crippen LogP contribution in [0, 0.1) is 5.82 Å². The molecule has 0 spiro atoms. The van der Waals surface area contributed by atoms with Crippen LogP contribution >= 0.6 is 23.8 Å². The number of anilines is 1. The van der Waals surface area contributed by atoms with Gasteiger partial charge in [0.25, 0.3) is 0 Å². The normalized spacial score (nSPS) is 10.0. The predicted octanol–water partition coefficient (Wildman–Crippen LogP) is 3.97. The van der Waals surface area contributed by atoms with Gasteiger partial charge in [-0.1, -0.05) is 29.8 Å². The Balaban J connectivity index is 1.88. The summed E-state index contributed by atoms with van der Waals surface area (Å²) in [6.07, 6.45) is 0. The average molecular weight is 295 g/mol. The Morgan fingerprint density at radius 3 is 2.68 bits per heavy atom. The Morgan fingerprint density at radius 2 is 1.95 bits per heavy atom. The molecular formula is C14H12ClFN2S. The third-order valence-corrected chi connectivity index (χ3v) is 2.91. The Hall–Kier alpha value is -1.65. The molecule has 0 unspecified atom stereocenters. The van der Waals surface area contributed by atoms with E-state index in [2.05, 4.69) is 10.6 Å². The zero-order chi connectivity index (χ0) is 13.7. The Labute approximate surface area is 121 Å². The zero-order valence-electron chi connectivity index (χ0n) is 9.99. The first kappa shape index (κ1) is 13.8. The van der Waals surface area contributed by atoms with E-state index in [0.29, 0.717) is 16.7 Å². The summed E-state index contributed by atoms with van der Waals surface area (Å²) in [7, 11) is 0. The quantitative estimate of drug-likeness (QED) is 0.838. The van der Waals surface area contributed by atoms with Gasteiger partial charge in [0.2, 0.25) is 0 Å². The summed E-state index contributed by atoms with van der Waals surface area (Å²) in [4.78, 5) is 0. The van der Waals surface area contributed by atoms with Crippen molar-refractivity contribution < 1.29 is 4.39 Å². The van der Waals surface area contributed by atoms with Crippen LogP contribution in [0.5, 0.6) is 0 Å². The lowest BCUT2D eigenvalue weighted by molar-refractivity contribution is 0.625. The third kappa shape index (κ3) is 4.50. The minimum absolute atomic E-state index is 0.256. The first-order valence-electron chi connectivity index (χ1n) is 5.68. The summed E-state index contributed by atoms with van der Waals surface area (Å²) in [6.45, 7) is 0.462. The van der Waals surface area contributed by atoms with E-state index in [4.69, 9.17) is 23.8 Å². The highest BCUT2D eigenvalue weighted by Gasteiger charge is 1.99. The molecule has 0 bridgehead atoms. The fourth-order valence-corrected chi connectivity index (χ4v) is 1.95. The Bertz CT molecular complexity index is 589. The van der Waals surface area contributed by atoms with Gasteiger partial charge in [0, 0.05) is 17.3 Å². The minimum Gasteiger partial charge on any atom is -0.358 e. The molecule has 0 saturated carbocycles. The average Bonchev–Trinajstić information content (AvgIpc) is 2.36. The molecule has 2 aromatic rings. The molecule has 0 atom stereocenters. The first-order chi connectivity index (χ1) is 9.13. The molecule has 0 heterocycles. The van der Waals surface area contributed by atoms with Crippen LogP contribution in [-0.4, -0.2) is 5.11 Å². The summed E-state index contributed by atoms with van der Waals surface area (Å²) < 4.78 is 13.0. The maximum Gasteiger partial charge on any atom is 0.171 e. The summed E-state index contributed by atoms with van der Waals surface area (Å²) in [5, 5.41) is 7.12. The van der Waals surface area contributed by atoms with E-state index >= 15 is 0 Å². The molecule has 19 heavy (non-hydrogen) atoms. The van der Waals surface area contributed by atoms with Gasteiger partial charge in [-0.15, -0.1) is 0 Å². The van der Waals surface area contributed by atoms with Crippen molar-refractivity contribution in [2.24, 2.45) is 0 Å². The lowest BCUT2D eigenvalue weighted by Gasteiger charge is -2.10. The summed E-state index contributed by atoms with van der Waals surface area (Å²) >= 11 is 11.0. The van der Waals surface area contributed by atoms with Crippen molar-refractivity contribution >= 4 is 34.6 Å². The number of thiocarbonyl (C=S) groups is 1. The van der Waals surface area contributed by atoms with Gasteiger partial charge in [-0.2, -0.15) is 0 Å². The largest absolute Gasteiger partial charge is 0.358 e. The maximum absolute atomic E-state index is 13.0. The summed E-state index contributed by atoms with van der Waals surface area (Å²) in [5.41, 5.74) is 1.64. The Morgan fingerprint density at radius 1 is 1.16 bits per heavy atom. The lowest BCUT2D eigenvalue weighted by Crippen LogP contribution is -2.27. The number of nitrogens with one attached hydrogen (secondary N) is 2. The second-order valence-electron chi connectivity index (χ2n) is 3.95. The molecule has 0 radical (unpaired) electrons. The van der Waals surface area contributed by atoms with Gasteiger partial charge < -0.3 is 10.6 Å². The maximum atomic E-state index is 13.0. The topological polar surface area (TPSA) is 24.1 Å². The highest BCUT2D eigenvalue weighted by Crippen LogP contribution is 2.14. The van der Waals surface area contributed by atoms with E-state index < -0.39 is 0 Å². The van der Waals surface area contributed by atoms with Crippen LogP contribution in [0.3, 0.4) is 0 Å². The van der Waals surface area contributed by atoms with Gasteiger partial charge in [-0.3, -0.25) is 0 Å². The molecule has 98 valence electrons. The predicted molar refractivity (Wildman–Crippen MR) is 80.9 cm³/mol. The fourth-order valence-electron chi connectivity index (χ4n) is 1.57. The van der Waals surface area contributed by atoms with Crippen LogP contribution in [0.25, 0.3) is 0 Å². The summed E-state index contributed by atoms with van der Waals surface area (Å²) in [5.74, 6) is -0.256. The van der Waals surface area contributed by atoms with Crippen LogP contribution < -0.4 is 10.6 Å². The molecule has 2 aromatic carbocycles. The molecule has 0 aromatic heterocycles. The van der Waals surface area contributed by atoms with Gasteiger partial charge in [-0.25, -0.2) is 4.39 Å².